The standard InChI is InChI=1S/C17H29ClN4S/c1-4-19-17(20-10-7-15-5-6-16(18)23-15)21-14-8-11-22(12-9-14)13(2)3/h5-6,13-14H,4,7-12H2,1-3H3,(H2,19,20,21). The van der Waals surface area contributed by atoms with Crippen LogP contribution in [-0.4, -0.2) is 49.1 Å². The Balaban J connectivity index is 1.80. The van der Waals surface area contributed by atoms with Crippen LogP contribution in [0.2, 0.25) is 4.34 Å². The lowest BCUT2D eigenvalue weighted by Crippen LogP contribution is -2.49. The van der Waals surface area contributed by atoms with Gasteiger partial charge in [-0.2, -0.15) is 0 Å². The molecule has 0 radical (unpaired) electrons. The summed E-state index contributed by atoms with van der Waals surface area (Å²) in [5, 5.41) is 6.96. The predicted octanol–water partition coefficient (Wildman–Crippen LogP) is 3.37. The van der Waals surface area contributed by atoms with Crippen molar-refractivity contribution >= 4 is 28.9 Å². The molecule has 6 heteroatoms. The van der Waals surface area contributed by atoms with Gasteiger partial charge in [-0.1, -0.05) is 11.6 Å². The number of hydrogen-bond donors (Lipinski definition) is 2. The first kappa shape index (κ1) is 18.6. The maximum atomic E-state index is 5.97. The zero-order valence-corrected chi connectivity index (χ0v) is 16.0. The Bertz CT molecular complexity index is 493. The van der Waals surface area contributed by atoms with Gasteiger partial charge in [0.25, 0.3) is 0 Å². The number of rotatable bonds is 6. The third-order valence-electron chi connectivity index (χ3n) is 4.20. The molecule has 2 heterocycles. The highest BCUT2D eigenvalue weighted by molar-refractivity contribution is 7.16. The molecule has 1 aromatic heterocycles. The van der Waals surface area contributed by atoms with Crippen LogP contribution in [0.1, 0.15) is 38.5 Å². The molecule has 1 aliphatic heterocycles. The van der Waals surface area contributed by atoms with Crippen molar-refractivity contribution in [2.75, 3.05) is 26.2 Å². The number of nitrogens with zero attached hydrogens (tertiary/aromatic N) is 2. The lowest BCUT2D eigenvalue weighted by atomic mass is 10.0. The Labute approximate surface area is 149 Å². The average molecular weight is 357 g/mol. The summed E-state index contributed by atoms with van der Waals surface area (Å²) in [7, 11) is 0. The lowest BCUT2D eigenvalue weighted by molar-refractivity contribution is 0.167. The fourth-order valence-electron chi connectivity index (χ4n) is 2.84. The van der Waals surface area contributed by atoms with E-state index in [1.807, 2.05) is 6.07 Å². The molecule has 1 aromatic rings. The van der Waals surface area contributed by atoms with Crippen molar-refractivity contribution in [3.05, 3.63) is 21.3 Å². The van der Waals surface area contributed by atoms with Gasteiger partial charge in [-0.05, 0) is 45.7 Å². The van der Waals surface area contributed by atoms with Gasteiger partial charge in [0.2, 0.25) is 0 Å². The summed E-state index contributed by atoms with van der Waals surface area (Å²) in [6, 6.07) is 5.22. The lowest BCUT2D eigenvalue weighted by Gasteiger charge is -2.35. The van der Waals surface area contributed by atoms with Crippen LogP contribution in [0.25, 0.3) is 0 Å². The predicted molar refractivity (Wildman–Crippen MR) is 102 cm³/mol. The zero-order chi connectivity index (χ0) is 16.7. The van der Waals surface area contributed by atoms with Crippen LogP contribution in [0.4, 0.5) is 0 Å². The molecule has 0 amide bonds. The maximum absolute atomic E-state index is 5.97. The molecule has 0 aliphatic carbocycles. The van der Waals surface area contributed by atoms with Gasteiger partial charge >= 0.3 is 0 Å². The SMILES string of the molecule is CCNC(=NCCc1ccc(Cl)s1)NC1CCN(C(C)C)CC1. The summed E-state index contributed by atoms with van der Waals surface area (Å²) < 4.78 is 0.853. The number of hydrogen-bond acceptors (Lipinski definition) is 3. The molecular weight excluding hydrogens is 328 g/mol. The van der Waals surface area contributed by atoms with Gasteiger partial charge in [0, 0.05) is 49.6 Å². The number of halogens is 1. The minimum Gasteiger partial charge on any atom is -0.357 e. The van der Waals surface area contributed by atoms with Crippen molar-refractivity contribution in [3.63, 3.8) is 0 Å². The van der Waals surface area contributed by atoms with Gasteiger partial charge in [0.1, 0.15) is 0 Å². The number of likely N-dealkylation sites (tertiary alicyclic amines) is 1. The van der Waals surface area contributed by atoms with Crippen LogP contribution in [0.3, 0.4) is 0 Å². The van der Waals surface area contributed by atoms with E-state index in [-0.39, 0.29) is 0 Å². The van der Waals surface area contributed by atoms with Crippen LogP contribution in [0, 0.1) is 0 Å². The van der Waals surface area contributed by atoms with E-state index >= 15 is 0 Å². The molecule has 130 valence electrons. The van der Waals surface area contributed by atoms with Crippen molar-refractivity contribution in [2.24, 2.45) is 4.99 Å². The summed E-state index contributed by atoms with van der Waals surface area (Å²) in [6.07, 6.45) is 3.31. The van der Waals surface area contributed by atoms with E-state index in [9.17, 15) is 0 Å². The largest absolute Gasteiger partial charge is 0.357 e. The molecule has 2 N–H and O–H groups in total. The van der Waals surface area contributed by atoms with Gasteiger partial charge in [-0.3, -0.25) is 4.99 Å². The Hall–Kier alpha value is -0.780. The first-order chi connectivity index (χ1) is 11.1. The Morgan fingerprint density at radius 3 is 2.70 bits per heavy atom. The number of guanidine groups is 1. The van der Waals surface area contributed by atoms with Gasteiger partial charge in [-0.25, -0.2) is 0 Å². The van der Waals surface area contributed by atoms with E-state index in [4.69, 9.17) is 16.6 Å². The van der Waals surface area contributed by atoms with E-state index in [1.54, 1.807) is 11.3 Å². The minimum absolute atomic E-state index is 0.527. The monoisotopic (exact) mass is 356 g/mol. The zero-order valence-electron chi connectivity index (χ0n) is 14.4. The highest BCUT2D eigenvalue weighted by Crippen LogP contribution is 2.21. The molecule has 0 saturated carbocycles. The van der Waals surface area contributed by atoms with Crippen LogP contribution in [0.5, 0.6) is 0 Å². The second-order valence-corrected chi connectivity index (χ2v) is 8.06. The van der Waals surface area contributed by atoms with Crippen LogP contribution >= 0.6 is 22.9 Å². The molecule has 0 unspecified atom stereocenters. The van der Waals surface area contributed by atoms with Crippen molar-refractivity contribution in [1.82, 2.24) is 15.5 Å². The van der Waals surface area contributed by atoms with Crippen molar-refractivity contribution in [3.8, 4) is 0 Å². The van der Waals surface area contributed by atoms with Crippen LogP contribution in [-0.2, 0) is 6.42 Å². The second kappa shape index (κ2) is 9.50. The van der Waals surface area contributed by atoms with Gasteiger partial charge < -0.3 is 15.5 Å². The quantitative estimate of drug-likeness (QED) is 0.606. The summed E-state index contributed by atoms with van der Waals surface area (Å²) in [5.41, 5.74) is 0. The van der Waals surface area contributed by atoms with Gasteiger partial charge in [-0.15, -0.1) is 11.3 Å². The molecular formula is C17H29ClN4S. The molecule has 0 atom stereocenters. The van der Waals surface area contributed by atoms with Gasteiger partial charge in [0.15, 0.2) is 5.96 Å². The molecule has 0 aromatic carbocycles. The van der Waals surface area contributed by atoms with E-state index in [0.29, 0.717) is 12.1 Å². The van der Waals surface area contributed by atoms with Crippen molar-refractivity contribution in [1.29, 1.82) is 0 Å². The topological polar surface area (TPSA) is 39.7 Å². The number of piperidine rings is 1. The Morgan fingerprint density at radius 2 is 2.13 bits per heavy atom. The number of thiophene rings is 1. The van der Waals surface area contributed by atoms with E-state index < -0.39 is 0 Å². The smallest absolute Gasteiger partial charge is 0.191 e. The molecule has 1 aliphatic rings. The molecule has 1 saturated heterocycles. The van der Waals surface area contributed by atoms with Crippen molar-refractivity contribution < 1.29 is 0 Å². The first-order valence-corrected chi connectivity index (χ1v) is 9.81. The third-order valence-corrected chi connectivity index (χ3v) is 5.49. The summed E-state index contributed by atoms with van der Waals surface area (Å²) in [6.45, 7) is 10.7. The van der Waals surface area contributed by atoms with Gasteiger partial charge in [0.05, 0.1) is 4.34 Å². The fourth-order valence-corrected chi connectivity index (χ4v) is 3.91. The number of nitrogens with one attached hydrogen (secondary N) is 2. The molecule has 4 nitrogen and oxygen atoms in total. The first-order valence-electron chi connectivity index (χ1n) is 8.61. The maximum Gasteiger partial charge on any atom is 0.191 e. The summed E-state index contributed by atoms with van der Waals surface area (Å²) in [4.78, 5) is 8.55. The van der Waals surface area contributed by atoms with Crippen molar-refractivity contribution in [2.45, 2.75) is 52.1 Å². The minimum atomic E-state index is 0.527. The summed E-state index contributed by atoms with van der Waals surface area (Å²) in [5.74, 6) is 0.943. The van der Waals surface area contributed by atoms with E-state index in [0.717, 1.165) is 29.8 Å². The fraction of sp³-hybridized carbons (Fsp3) is 0.706. The number of aliphatic imine (C=N–C) groups is 1. The molecule has 2 rings (SSSR count). The van der Waals surface area contributed by atoms with E-state index in [2.05, 4.69) is 42.4 Å². The van der Waals surface area contributed by atoms with E-state index in [1.165, 1.54) is 30.8 Å². The Morgan fingerprint density at radius 1 is 1.39 bits per heavy atom. The second-order valence-electron chi connectivity index (χ2n) is 6.26. The highest BCUT2D eigenvalue weighted by Gasteiger charge is 2.21. The molecule has 0 spiro atoms. The van der Waals surface area contributed by atoms with Crippen LogP contribution in [0.15, 0.2) is 17.1 Å². The highest BCUT2D eigenvalue weighted by atomic mass is 35.5. The molecule has 23 heavy (non-hydrogen) atoms. The molecule has 1 fully saturated rings. The van der Waals surface area contributed by atoms with Crippen LogP contribution < -0.4 is 10.6 Å². The molecule has 0 bridgehead atoms. The third kappa shape index (κ3) is 6.32. The average Bonchev–Trinajstić information content (AvgIpc) is 2.93. The Kier molecular flexibility index (Phi) is 7.66. The summed E-state index contributed by atoms with van der Waals surface area (Å²) >= 11 is 7.61. The normalized spacial score (nSPS) is 17.7.